The Bertz CT molecular complexity index is 860. The lowest BCUT2D eigenvalue weighted by Gasteiger charge is -2.10. The summed E-state index contributed by atoms with van der Waals surface area (Å²) in [7, 11) is 0. The highest BCUT2D eigenvalue weighted by atomic mass is 35.5. The topological polar surface area (TPSA) is 43.6 Å². The molecule has 0 spiro atoms. The molecule has 2 aromatic heterocycles. The second-order valence-corrected chi connectivity index (χ2v) is 5.00. The second kappa shape index (κ2) is 5.62. The Morgan fingerprint density at radius 3 is 2.52 bits per heavy atom. The van der Waals surface area contributed by atoms with Crippen LogP contribution < -0.4 is 0 Å². The fourth-order valence-electron chi connectivity index (χ4n) is 2.03. The van der Waals surface area contributed by atoms with Gasteiger partial charge in [-0.25, -0.2) is 9.07 Å². The van der Waals surface area contributed by atoms with Crippen LogP contribution in [0.5, 0.6) is 0 Å². The van der Waals surface area contributed by atoms with Crippen LogP contribution in [0, 0.1) is 5.82 Å². The molecule has 0 fully saturated rings. The highest BCUT2D eigenvalue weighted by Crippen LogP contribution is 2.32. The van der Waals surface area contributed by atoms with Crippen molar-refractivity contribution in [3.05, 3.63) is 59.4 Å². The molecule has 4 nitrogen and oxygen atoms in total. The highest BCUT2D eigenvalue weighted by molar-refractivity contribution is 6.31. The summed E-state index contributed by atoms with van der Waals surface area (Å²) < 4.78 is 52.9. The highest BCUT2D eigenvalue weighted by Gasteiger charge is 2.34. The molecule has 118 valence electrons. The van der Waals surface area contributed by atoms with Crippen LogP contribution in [0.2, 0.25) is 5.02 Å². The van der Waals surface area contributed by atoms with Gasteiger partial charge in [-0.2, -0.15) is 13.2 Å². The first-order valence-electron chi connectivity index (χ1n) is 6.25. The van der Waals surface area contributed by atoms with Crippen LogP contribution in [-0.4, -0.2) is 20.0 Å². The van der Waals surface area contributed by atoms with Crippen molar-refractivity contribution in [2.45, 2.75) is 6.18 Å². The number of nitrogens with zero attached hydrogens (tertiary/aromatic N) is 4. The summed E-state index contributed by atoms with van der Waals surface area (Å²) in [6.07, 6.45) is -1.52. The molecule has 0 bridgehead atoms. The van der Waals surface area contributed by atoms with Gasteiger partial charge in [0.1, 0.15) is 5.82 Å². The van der Waals surface area contributed by atoms with Crippen molar-refractivity contribution in [3.8, 4) is 16.8 Å². The van der Waals surface area contributed by atoms with Gasteiger partial charge in [0.25, 0.3) is 0 Å². The van der Waals surface area contributed by atoms with Gasteiger partial charge in [-0.05, 0) is 24.3 Å². The van der Waals surface area contributed by atoms with Gasteiger partial charge in [-0.3, -0.25) is 4.98 Å². The lowest BCUT2D eigenvalue weighted by atomic mass is 10.0. The third-order valence-electron chi connectivity index (χ3n) is 3.05. The van der Waals surface area contributed by atoms with Crippen LogP contribution >= 0.6 is 11.6 Å². The summed E-state index contributed by atoms with van der Waals surface area (Å²) >= 11 is 5.92. The summed E-state index contributed by atoms with van der Waals surface area (Å²) in [5, 5.41) is 6.86. The maximum Gasteiger partial charge on any atom is 0.436 e. The van der Waals surface area contributed by atoms with E-state index in [4.69, 9.17) is 11.6 Å². The lowest BCUT2D eigenvalue weighted by Crippen LogP contribution is -2.05. The summed E-state index contributed by atoms with van der Waals surface area (Å²) in [5.41, 5.74) is -0.520. The van der Waals surface area contributed by atoms with Crippen LogP contribution in [0.4, 0.5) is 17.6 Å². The molecule has 3 rings (SSSR count). The Morgan fingerprint density at radius 1 is 1.09 bits per heavy atom. The third kappa shape index (κ3) is 3.02. The Balaban J connectivity index is 2.18. The molecular formula is C14H7ClF4N4. The molecule has 0 saturated carbocycles. The second-order valence-electron chi connectivity index (χ2n) is 4.56. The van der Waals surface area contributed by atoms with Crippen molar-refractivity contribution in [2.24, 2.45) is 0 Å². The van der Waals surface area contributed by atoms with E-state index >= 15 is 0 Å². The van der Waals surface area contributed by atoms with E-state index in [9.17, 15) is 17.6 Å². The molecular weight excluding hydrogens is 336 g/mol. The molecule has 9 heteroatoms. The molecule has 0 radical (unpaired) electrons. The van der Waals surface area contributed by atoms with Crippen LogP contribution in [0.15, 0.2) is 42.9 Å². The van der Waals surface area contributed by atoms with Gasteiger partial charge >= 0.3 is 6.18 Å². The van der Waals surface area contributed by atoms with E-state index in [0.717, 1.165) is 17.1 Å². The molecule has 2 heterocycles. The van der Waals surface area contributed by atoms with E-state index in [1.54, 1.807) is 0 Å². The predicted molar refractivity (Wildman–Crippen MR) is 74.6 cm³/mol. The number of pyridine rings is 1. The maximum atomic E-state index is 14.0. The van der Waals surface area contributed by atoms with Gasteiger partial charge in [-0.15, -0.1) is 5.10 Å². The molecule has 0 aliphatic carbocycles. The number of aromatic nitrogens is 4. The fraction of sp³-hybridized carbons (Fsp3) is 0.0714. The summed E-state index contributed by atoms with van der Waals surface area (Å²) in [5.74, 6) is -0.632. The summed E-state index contributed by atoms with van der Waals surface area (Å²) in [6.45, 7) is 0. The normalized spacial score (nSPS) is 11.7. The minimum atomic E-state index is -4.62. The lowest BCUT2D eigenvalue weighted by molar-refractivity contribution is -0.141. The zero-order chi connectivity index (χ0) is 16.6. The Hall–Kier alpha value is -2.48. The molecule has 0 saturated heterocycles. The standard InChI is InChI=1S/C14H7ClF4N4/c15-8-1-2-12(23-7-13(21-22-23)14(17,18)19)10(5-8)9-3-4-20-6-11(9)16/h1-7H. The van der Waals surface area contributed by atoms with Gasteiger partial charge in [-0.1, -0.05) is 16.8 Å². The van der Waals surface area contributed by atoms with Gasteiger partial charge < -0.3 is 0 Å². The van der Waals surface area contributed by atoms with Gasteiger partial charge in [0.05, 0.1) is 18.1 Å². The van der Waals surface area contributed by atoms with Crippen molar-refractivity contribution in [1.29, 1.82) is 0 Å². The SMILES string of the molecule is Fc1cnccc1-c1cc(Cl)ccc1-n1cc(C(F)(F)F)nn1. The molecule has 23 heavy (non-hydrogen) atoms. The smallest absolute Gasteiger partial charge is 0.262 e. The van der Waals surface area contributed by atoms with Gasteiger partial charge in [0.2, 0.25) is 0 Å². The minimum absolute atomic E-state index is 0.140. The van der Waals surface area contributed by atoms with Crippen molar-refractivity contribution in [2.75, 3.05) is 0 Å². The first-order valence-corrected chi connectivity index (χ1v) is 6.63. The summed E-state index contributed by atoms with van der Waals surface area (Å²) in [6, 6.07) is 5.73. The molecule has 0 aliphatic rings. The first-order chi connectivity index (χ1) is 10.9. The van der Waals surface area contributed by atoms with E-state index in [2.05, 4.69) is 15.3 Å². The van der Waals surface area contributed by atoms with E-state index in [-0.39, 0.29) is 16.8 Å². The average Bonchev–Trinajstić information content (AvgIpc) is 2.97. The molecule has 3 aromatic rings. The molecule has 0 amide bonds. The number of rotatable bonds is 2. The zero-order valence-electron chi connectivity index (χ0n) is 11.2. The largest absolute Gasteiger partial charge is 0.436 e. The van der Waals surface area contributed by atoms with E-state index < -0.39 is 17.7 Å². The monoisotopic (exact) mass is 342 g/mol. The molecule has 0 atom stereocenters. The van der Waals surface area contributed by atoms with E-state index in [0.29, 0.717) is 5.02 Å². The number of halogens is 5. The fourth-order valence-corrected chi connectivity index (χ4v) is 2.20. The zero-order valence-corrected chi connectivity index (χ0v) is 12.0. The molecule has 0 N–H and O–H groups in total. The van der Waals surface area contributed by atoms with Crippen molar-refractivity contribution >= 4 is 11.6 Å². The number of alkyl halides is 3. The van der Waals surface area contributed by atoms with Crippen molar-refractivity contribution < 1.29 is 17.6 Å². The Kier molecular flexibility index (Phi) is 3.77. The van der Waals surface area contributed by atoms with E-state index in [1.807, 2.05) is 0 Å². The Morgan fingerprint density at radius 2 is 1.87 bits per heavy atom. The average molecular weight is 343 g/mol. The van der Waals surface area contributed by atoms with Crippen LogP contribution in [-0.2, 0) is 6.18 Å². The molecule has 0 unspecified atom stereocenters. The molecule has 1 aromatic carbocycles. The van der Waals surface area contributed by atoms with Crippen molar-refractivity contribution in [1.82, 2.24) is 20.0 Å². The minimum Gasteiger partial charge on any atom is -0.262 e. The Labute approximate surface area is 132 Å². The van der Waals surface area contributed by atoms with Crippen molar-refractivity contribution in [3.63, 3.8) is 0 Å². The number of hydrogen-bond acceptors (Lipinski definition) is 3. The van der Waals surface area contributed by atoms with Gasteiger partial charge in [0, 0.05) is 22.3 Å². The predicted octanol–water partition coefficient (Wildman–Crippen LogP) is 4.14. The summed E-state index contributed by atoms with van der Waals surface area (Å²) in [4.78, 5) is 3.64. The van der Waals surface area contributed by atoms with Crippen LogP contribution in [0.1, 0.15) is 5.69 Å². The number of hydrogen-bond donors (Lipinski definition) is 0. The molecule has 0 aliphatic heterocycles. The van der Waals surface area contributed by atoms with Crippen LogP contribution in [0.25, 0.3) is 16.8 Å². The number of benzene rings is 1. The first kappa shape index (κ1) is 15.4. The van der Waals surface area contributed by atoms with Gasteiger partial charge in [0.15, 0.2) is 5.69 Å². The van der Waals surface area contributed by atoms with E-state index in [1.165, 1.54) is 30.5 Å². The maximum absolute atomic E-state index is 14.0. The third-order valence-corrected chi connectivity index (χ3v) is 3.29. The van der Waals surface area contributed by atoms with Crippen LogP contribution in [0.3, 0.4) is 0 Å². The quantitative estimate of drug-likeness (QED) is 0.657.